The molecule has 1 saturated carbocycles. The first-order valence-electron chi connectivity index (χ1n) is 8.66. The summed E-state index contributed by atoms with van der Waals surface area (Å²) in [6.45, 7) is 5.46. The monoisotopic (exact) mass is 335 g/mol. The smallest absolute Gasteiger partial charge is 0.306 e. The molecule has 0 atom stereocenters. The van der Waals surface area contributed by atoms with Gasteiger partial charge in [-0.15, -0.1) is 0 Å². The summed E-state index contributed by atoms with van der Waals surface area (Å²) in [5.41, 5.74) is 1.47. The zero-order valence-corrected chi connectivity index (χ0v) is 14.2. The SMILES string of the molecule is CC(C)n1cc(C(=O)NC2CC(C(=O)O)C2)c(C2CCOCC2)n1. The maximum Gasteiger partial charge on any atom is 0.306 e. The number of hydrogen-bond donors (Lipinski definition) is 2. The number of hydrogen-bond acceptors (Lipinski definition) is 4. The summed E-state index contributed by atoms with van der Waals surface area (Å²) in [5, 5.41) is 16.6. The summed E-state index contributed by atoms with van der Waals surface area (Å²) in [6, 6.07) is 0.133. The van der Waals surface area contributed by atoms with Crippen LogP contribution in [-0.2, 0) is 9.53 Å². The van der Waals surface area contributed by atoms with E-state index in [0.29, 0.717) is 31.6 Å². The van der Waals surface area contributed by atoms with Crippen LogP contribution in [0, 0.1) is 5.92 Å². The molecular weight excluding hydrogens is 310 g/mol. The number of aromatic nitrogens is 2. The molecule has 3 rings (SSSR count). The first-order chi connectivity index (χ1) is 11.5. The standard InChI is InChI=1S/C17H25N3O4/c1-10(2)20-9-14(15(19-20)11-3-5-24-6-4-11)16(21)18-13-7-12(8-13)17(22)23/h9-13H,3-8H2,1-2H3,(H,18,21)(H,22,23). The van der Waals surface area contributed by atoms with Gasteiger partial charge in [0.2, 0.25) is 0 Å². The van der Waals surface area contributed by atoms with Crippen molar-refractivity contribution in [1.82, 2.24) is 15.1 Å². The van der Waals surface area contributed by atoms with Crippen LogP contribution in [0.5, 0.6) is 0 Å². The van der Waals surface area contributed by atoms with Gasteiger partial charge in [-0.1, -0.05) is 0 Å². The van der Waals surface area contributed by atoms with Gasteiger partial charge >= 0.3 is 5.97 Å². The molecule has 7 heteroatoms. The van der Waals surface area contributed by atoms with Crippen LogP contribution in [0.4, 0.5) is 0 Å². The maximum atomic E-state index is 12.7. The van der Waals surface area contributed by atoms with Gasteiger partial charge in [0.1, 0.15) is 0 Å². The summed E-state index contributed by atoms with van der Waals surface area (Å²) in [5.74, 6) is -1.01. The molecule has 1 aliphatic heterocycles. The Labute approximate surface area is 141 Å². The molecule has 1 aliphatic carbocycles. The van der Waals surface area contributed by atoms with Crippen LogP contribution in [0.2, 0.25) is 0 Å². The fraction of sp³-hybridized carbons (Fsp3) is 0.706. The first-order valence-corrected chi connectivity index (χ1v) is 8.66. The van der Waals surface area contributed by atoms with Gasteiger partial charge in [-0.3, -0.25) is 14.3 Å². The van der Waals surface area contributed by atoms with Crippen LogP contribution < -0.4 is 5.32 Å². The summed E-state index contributed by atoms with van der Waals surface area (Å²) in [4.78, 5) is 23.6. The summed E-state index contributed by atoms with van der Waals surface area (Å²) in [7, 11) is 0. The Morgan fingerprint density at radius 2 is 2.00 bits per heavy atom. The van der Waals surface area contributed by atoms with Gasteiger partial charge in [0.05, 0.1) is 17.2 Å². The summed E-state index contributed by atoms with van der Waals surface area (Å²) >= 11 is 0. The third-order valence-corrected chi connectivity index (χ3v) is 4.96. The predicted octanol–water partition coefficient (Wildman–Crippen LogP) is 1.95. The third-order valence-electron chi connectivity index (χ3n) is 4.96. The highest BCUT2D eigenvalue weighted by molar-refractivity contribution is 5.95. The van der Waals surface area contributed by atoms with Crippen molar-refractivity contribution < 1.29 is 19.4 Å². The number of carboxylic acid groups (broad SMARTS) is 1. The molecule has 1 aromatic rings. The van der Waals surface area contributed by atoms with Crippen LogP contribution in [-0.4, -0.2) is 46.0 Å². The number of nitrogens with zero attached hydrogens (tertiary/aromatic N) is 2. The van der Waals surface area contributed by atoms with Crippen molar-refractivity contribution in [3.8, 4) is 0 Å². The fourth-order valence-corrected chi connectivity index (χ4v) is 3.32. The number of amides is 1. The average molecular weight is 335 g/mol. The molecule has 0 bridgehead atoms. The van der Waals surface area contributed by atoms with Crippen molar-refractivity contribution in [3.05, 3.63) is 17.5 Å². The second-order valence-corrected chi connectivity index (χ2v) is 7.07. The van der Waals surface area contributed by atoms with Gasteiger partial charge < -0.3 is 15.2 Å². The van der Waals surface area contributed by atoms with E-state index in [1.807, 2.05) is 24.7 Å². The Bertz CT molecular complexity index is 613. The Balaban J connectivity index is 1.73. The van der Waals surface area contributed by atoms with Crippen LogP contribution >= 0.6 is 0 Å². The van der Waals surface area contributed by atoms with Crippen LogP contribution in [0.25, 0.3) is 0 Å². The molecule has 0 radical (unpaired) electrons. The largest absolute Gasteiger partial charge is 0.481 e. The van der Waals surface area contributed by atoms with Gasteiger partial charge in [-0.2, -0.15) is 5.10 Å². The molecule has 1 aromatic heterocycles. The van der Waals surface area contributed by atoms with E-state index < -0.39 is 5.97 Å². The molecule has 24 heavy (non-hydrogen) atoms. The molecule has 0 spiro atoms. The van der Waals surface area contributed by atoms with E-state index in [-0.39, 0.29) is 29.8 Å². The normalized spacial score (nSPS) is 24.6. The van der Waals surface area contributed by atoms with E-state index in [1.54, 1.807) is 0 Å². The Kier molecular flexibility index (Phi) is 4.89. The van der Waals surface area contributed by atoms with E-state index in [9.17, 15) is 9.59 Å². The lowest BCUT2D eigenvalue weighted by atomic mass is 9.80. The fourth-order valence-electron chi connectivity index (χ4n) is 3.32. The number of carboxylic acids is 1. The van der Waals surface area contributed by atoms with Crippen molar-refractivity contribution in [2.45, 2.75) is 57.5 Å². The molecule has 1 saturated heterocycles. The van der Waals surface area contributed by atoms with E-state index in [2.05, 4.69) is 10.4 Å². The van der Waals surface area contributed by atoms with Gasteiger partial charge in [0.15, 0.2) is 0 Å². The predicted molar refractivity (Wildman–Crippen MR) is 87.0 cm³/mol. The quantitative estimate of drug-likeness (QED) is 0.858. The number of ether oxygens (including phenoxy) is 1. The van der Waals surface area contributed by atoms with Crippen molar-refractivity contribution in [3.63, 3.8) is 0 Å². The van der Waals surface area contributed by atoms with E-state index >= 15 is 0 Å². The summed E-state index contributed by atoms with van der Waals surface area (Å²) < 4.78 is 7.24. The zero-order chi connectivity index (χ0) is 17.3. The molecule has 132 valence electrons. The van der Waals surface area contributed by atoms with E-state index in [1.165, 1.54) is 0 Å². The molecule has 7 nitrogen and oxygen atoms in total. The number of carbonyl (C=O) groups excluding carboxylic acids is 1. The van der Waals surface area contributed by atoms with Gasteiger partial charge in [-0.05, 0) is 39.5 Å². The Morgan fingerprint density at radius 1 is 1.33 bits per heavy atom. The average Bonchev–Trinajstić information content (AvgIpc) is 2.96. The second kappa shape index (κ2) is 6.93. The number of carbonyl (C=O) groups is 2. The molecular formula is C17H25N3O4. The van der Waals surface area contributed by atoms with Crippen molar-refractivity contribution in [1.29, 1.82) is 0 Å². The molecule has 2 fully saturated rings. The number of rotatable bonds is 5. The molecule has 0 aromatic carbocycles. The van der Waals surface area contributed by atoms with Crippen molar-refractivity contribution in [2.24, 2.45) is 5.92 Å². The third kappa shape index (κ3) is 3.45. The minimum absolute atomic E-state index is 0.0523. The molecule has 2 N–H and O–H groups in total. The highest BCUT2D eigenvalue weighted by Crippen LogP contribution is 2.31. The second-order valence-electron chi connectivity index (χ2n) is 7.07. The highest BCUT2D eigenvalue weighted by Gasteiger charge is 2.36. The minimum atomic E-state index is -0.781. The van der Waals surface area contributed by atoms with Crippen LogP contribution in [0.15, 0.2) is 6.20 Å². The van der Waals surface area contributed by atoms with Crippen molar-refractivity contribution in [2.75, 3.05) is 13.2 Å². The molecule has 2 heterocycles. The lowest BCUT2D eigenvalue weighted by molar-refractivity contribution is -0.145. The number of aliphatic carboxylic acids is 1. The summed E-state index contributed by atoms with van der Waals surface area (Å²) in [6.07, 6.45) is 4.58. The van der Waals surface area contributed by atoms with Gasteiger partial charge in [0.25, 0.3) is 5.91 Å². The minimum Gasteiger partial charge on any atom is -0.481 e. The lowest BCUT2D eigenvalue weighted by Crippen LogP contribution is -2.46. The van der Waals surface area contributed by atoms with E-state index in [4.69, 9.17) is 9.84 Å². The van der Waals surface area contributed by atoms with Crippen molar-refractivity contribution >= 4 is 11.9 Å². The van der Waals surface area contributed by atoms with Crippen LogP contribution in [0.3, 0.4) is 0 Å². The first kappa shape index (κ1) is 17.0. The van der Waals surface area contributed by atoms with Crippen LogP contribution in [0.1, 0.15) is 67.5 Å². The van der Waals surface area contributed by atoms with Gasteiger partial charge in [0, 0.05) is 37.4 Å². The lowest BCUT2D eigenvalue weighted by Gasteiger charge is -2.32. The Morgan fingerprint density at radius 3 is 2.58 bits per heavy atom. The highest BCUT2D eigenvalue weighted by atomic mass is 16.5. The topological polar surface area (TPSA) is 93.5 Å². The maximum absolute atomic E-state index is 12.7. The van der Waals surface area contributed by atoms with E-state index in [0.717, 1.165) is 18.5 Å². The molecule has 2 aliphatic rings. The van der Waals surface area contributed by atoms with Gasteiger partial charge in [-0.25, -0.2) is 0 Å². The Hall–Kier alpha value is -1.89. The number of nitrogens with one attached hydrogen (secondary N) is 1. The zero-order valence-electron chi connectivity index (χ0n) is 14.2. The molecule has 1 amide bonds. The molecule has 0 unspecified atom stereocenters.